The van der Waals surface area contributed by atoms with Crippen molar-refractivity contribution in [2.45, 2.75) is 0 Å². The van der Waals surface area contributed by atoms with Gasteiger partial charge in [0, 0.05) is 26.2 Å². The predicted octanol–water partition coefficient (Wildman–Crippen LogP) is 0.572. The summed E-state index contributed by atoms with van der Waals surface area (Å²) in [6.45, 7) is 4.69. The number of aromatic carboxylic acids is 1. The molecule has 0 unspecified atom stereocenters. The van der Waals surface area contributed by atoms with Gasteiger partial charge in [-0.15, -0.1) is 0 Å². The fourth-order valence-electron chi connectivity index (χ4n) is 1.83. The highest BCUT2D eigenvalue weighted by Gasteiger charge is 2.14. The zero-order chi connectivity index (χ0) is 13.7. The zero-order valence-corrected chi connectivity index (χ0v) is 11.1. The van der Waals surface area contributed by atoms with Gasteiger partial charge in [0.05, 0.1) is 25.1 Å². The Hall–Kier alpha value is -1.44. The molecule has 1 fully saturated rings. The van der Waals surface area contributed by atoms with Gasteiger partial charge in [0.15, 0.2) is 5.69 Å². The van der Waals surface area contributed by atoms with Crippen molar-refractivity contribution in [2.75, 3.05) is 44.7 Å². The first-order valence-electron chi connectivity index (χ1n) is 5.96. The van der Waals surface area contributed by atoms with E-state index < -0.39 is 5.97 Å². The van der Waals surface area contributed by atoms with Crippen LogP contribution in [0.1, 0.15) is 10.5 Å². The first-order chi connectivity index (χ1) is 9.16. The molecule has 8 heteroatoms. The molecule has 7 nitrogen and oxygen atoms in total. The number of aromatic nitrogens is 2. The number of hydrogen-bond donors (Lipinski definition) is 2. The molecule has 1 aliphatic heterocycles. The van der Waals surface area contributed by atoms with Crippen LogP contribution in [0.2, 0.25) is 5.28 Å². The molecule has 104 valence electrons. The van der Waals surface area contributed by atoms with Crippen molar-refractivity contribution >= 4 is 23.3 Å². The molecule has 0 aromatic carbocycles. The second-order valence-corrected chi connectivity index (χ2v) is 4.43. The minimum Gasteiger partial charge on any atom is -0.476 e. The Labute approximate surface area is 115 Å². The van der Waals surface area contributed by atoms with Crippen molar-refractivity contribution in [3.63, 3.8) is 0 Å². The summed E-state index contributed by atoms with van der Waals surface area (Å²) in [5.74, 6) is -1.13. The predicted molar refractivity (Wildman–Crippen MR) is 69.8 cm³/mol. The molecule has 2 heterocycles. The second kappa shape index (κ2) is 6.65. The third kappa shape index (κ3) is 4.02. The lowest BCUT2D eigenvalue weighted by Gasteiger charge is -2.26. The van der Waals surface area contributed by atoms with Gasteiger partial charge in [-0.2, -0.15) is 0 Å². The number of nitrogens with zero attached hydrogens (tertiary/aromatic N) is 3. The van der Waals surface area contributed by atoms with Gasteiger partial charge in [-0.3, -0.25) is 4.90 Å². The molecule has 0 radical (unpaired) electrons. The normalized spacial score (nSPS) is 16.3. The first kappa shape index (κ1) is 14.0. The van der Waals surface area contributed by atoms with E-state index in [9.17, 15) is 4.79 Å². The Morgan fingerprint density at radius 3 is 2.95 bits per heavy atom. The largest absolute Gasteiger partial charge is 0.476 e. The summed E-state index contributed by atoms with van der Waals surface area (Å²) >= 11 is 5.58. The number of halogens is 1. The van der Waals surface area contributed by atoms with Crippen molar-refractivity contribution in [3.8, 4) is 0 Å². The third-order valence-corrected chi connectivity index (χ3v) is 2.99. The number of carbonyl (C=O) groups is 1. The van der Waals surface area contributed by atoms with Crippen LogP contribution < -0.4 is 5.32 Å². The fraction of sp³-hybridized carbons (Fsp3) is 0.545. The van der Waals surface area contributed by atoms with Crippen LogP contribution in [0.25, 0.3) is 0 Å². The van der Waals surface area contributed by atoms with Crippen molar-refractivity contribution < 1.29 is 14.6 Å². The Kier molecular flexibility index (Phi) is 4.89. The third-order valence-electron chi connectivity index (χ3n) is 2.81. The van der Waals surface area contributed by atoms with Crippen molar-refractivity contribution in [3.05, 3.63) is 17.2 Å². The van der Waals surface area contributed by atoms with E-state index in [1.165, 1.54) is 6.20 Å². The van der Waals surface area contributed by atoms with E-state index in [1.807, 2.05) is 0 Å². The monoisotopic (exact) mass is 286 g/mol. The maximum absolute atomic E-state index is 11.0. The molecule has 0 amide bonds. The van der Waals surface area contributed by atoms with E-state index in [2.05, 4.69) is 20.2 Å². The minimum atomic E-state index is -1.13. The van der Waals surface area contributed by atoms with Gasteiger partial charge in [0.1, 0.15) is 0 Å². The van der Waals surface area contributed by atoms with Gasteiger partial charge in [0.2, 0.25) is 5.28 Å². The van der Waals surface area contributed by atoms with Crippen molar-refractivity contribution in [2.24, 2.45) is 0 Å². The number of anilines is 1. The lowest BCUT2D eigenvalue weighted by molar-refractivity contribution is 0.0398. The van der Waals surface area contributed by atoms with Crippen molar-refractivity contribution in [1.29, 1.82) is 0 Å². The Bertz CT molecular complexity index is 452. The lowest BCUT2D eigenvalue weighted by atomic mass is 10.3. The molecule has 0 aliphatic carbocycles. The Morgan fingerprint density at radius 1 is 1.53 bits per heavy atom. The number of ether oxygens (including phenoxy) is 1. The van der Waals surface area contributed by atoms with E-state index >= 15 is 0 Å². The average molecular weight is 287 g/mol. The molecule has 1 aromatic rings. The molecule has 0 spiro atoms. The molecular weight excluding hydrogens is 272 g/mol. The fourth-order valence-corrected chi connectivity index (χ4v) is 1.96. The maximum atomic E-state index is 11.0. The van der Waals surface area contributed by atoms with Crippen LogP contribution in [-0.4, -0.2) is 65.3 Å². The highest BCUT2D eigenvalue weighted by molar-refractivity contribution is 6.28. The number of carboxylic acids is 1. The highest BCUT2D eigenvalue weighted by Crippen LogP contribution is 2.14. The van der Waals surface area contributed by atoms with Gasteiger partial charge in [-0.25, -0.2) is 14.8 Å². The summed E-state index contributed by atoms with van der Waals surface area (Å²) < 4.78 is 5.25. The van der Waals surface area contributed by atoms with E-state index in [4.69, 9.17) is 21.4 Å². The molecule has 19 heavy (non-hydrogen) atoms. The van der Waals surface area contributed by atoms with Gasteiger partial charge in [-0.1, -0.05) is 0 Å². The van der Waals surface area contributed by atoms with Gasteiger partial charge < -0.3 is 15.2 Å². The molecule has 1 saturated heterocycles. The quantitative estimate of drug-likeness (QED) is 0.765. The number of rotatable bonds is 5. The molecule has 0 atom stereocenters. The van der Waals surface area contributed by atoms with E-state index in [1.54, 1.807) is 0 Å². The molecule has 1 aliphatic rings. The number of hydrogen-bond acceptors (Lipinski definition) is 6. The Morgan fingerprint density at radius 2 is 2.26 bits per heavy atom. The SMILES string of the molecule is O=C(O)c1nc(Cl)ncc1NCCN1CCOCC1. The highest BCUT2D eigenvalue weighted by atomic mass is 35.5. The summed E-state index contributed by atoms with van der Waals surface area (Å²) in [5.41, 5.74) is 0.270. The first-order valence-corrected chi connectivity index (χ1v) is 6.34. The molecular formula is C11H15ClN4O3. The van der Waals surface area contributed by atoms with Crippen molar-refractivity contribution in [1.82, 2.24) is 14.9 Å². The molecule has 2 rings (SSSR count). The topological polar surface area (TPSA) is 87.6 Å². The van der Waals surface area contributed by atoms with E-state index in [0.717, 1.165) is 32.8 Å². The zero-order valence-electron chi connectivity index (χ0n) is 10.3. The minimum absolute atomic E-state index is 0.0730. The summed E-state index contributed by atoms with van der Waals surface area (Å²) in [5, 5.41) is 12.0. The summed E-state index contributed by atoms with van der Waals surface area (Å²) in [4.78, 5) is 20.7. The standard InChI is InChI=1S/C11H15ClN4O3/c12-11-14-7-8(9(15-11)10(17)18)13-1-2-16-3-5-19-6-4-16/h7,13H,1-6H2,(H,17,18). The molecule has 1 aromatic heterocycles. The summed E-state index contributed by atoms with van der Waals surface area (Å²) in [7, 11) is 0. The van der Waals surface area contributed by atoms with Crippen LogP contribution in [0.3, 0.4) is 0 Å². The summed E-state index contributed by atoms with van der Waals surface area (Å²) in [6, 6.07) is 0. The Balaban J connectivity index is 1.89. The summed E-state index contributed by atoms with van der Waals surface area (Å²) in [6.07, 6.45) is 1.39. The lowest BCUT2D eigenvalue weighted by Crippen LogP contribution is -2.39. The molecule has 0 saturated carbocycles. The van der Waals surface area contributed by atoms with Gasteiger partial charge in [-0.05, 0) is 11.6 Å². The molecule has 0 bridgehead atoms. The van der Waals surface area contributed by atoms with E-state index in [0.29, 0.717) is 12.2 Å². The second-order valence-electron chi connectivity index (χ2n) is 4.09. The maximum Gasteiger partial charge on any atom is 0.356 e. The smallest absolute Gasteiger partial charge is 0.356 e. The van der Waals surface area contributed by atoms with Crippen LogP contribution in [0.15, 0.2) is 6.20 Å². The van der Waals surface area contributed by atoms with Crippen LogP contribution in [0.4, 0.5) is 5.69 Å². The number of carboxylic acid groups (broad SMARTS) is 1. The van der Waals surface area contributed by atoms with Crippen LogP contribution in [0, 0.1) is 0 Å². The number of morpholine rings is 1. The van der Waals surface area contributed by atoms with Gasteiger partial charge >= 0.3 is 5.97 Å². The van der Waals surface area contributed by atoms with Crippen LogP contribution in [-0.2, 0) is 4.74 Å². The van der Waals surface area contributed by atoms with Crippen LogP contribution >= 0.6 is 11.6 Å². The van der Waals surface area contributed by atoms with Crippen LogP contribution in [0.5, 0.6) is 0 Å². The van der Waals surface area contributed by atoms with Gasteiger partial charge in [0.25, 0.3) is 0 Å². The molecule has 2 N–H and O–H groups in total. The average Bonchev–Trinajstić information content (AvgIpc) is 2.41. The number of nitrogens with one attached hydrogen (secondary N) is 1. The van der Waals surface area contributed by atoms with E-state index in [-0.39, 0.29) is 11.0 Å².